The Balaban J connectivity index is 1.88. The van der Waals surface area contributed by atoms with Gasteiger partial charge in [0.05, 0.1) is 0 Å². The summed E-state index contributed by atoms with van der Waals surface area (Å²) in [5.41, 5.74) is 4.32. The van der Waals surface area contributed by atoms with E-state index in [1.54, 1.807) is 19.0 Å². The van der Waals surface area contributed by atoms with E-state index in [9.17, 15) is 4.79 Å². The average molecular weight is 382 g/mol. The Morgan fingerprint density at radius 3 is 2.71 bits per heavy atom. The minimum absolute atomic E-state index is 0.0242. The molecule has 0 fully saturated rings. The molecule has 28 heavy (non-hydrogen) atoms. The van der Waals surface area contributed by atoms with Crippen LogP contribution in [0.15, 0.2) is 47.7 Å². The summed E-state index contributed by atoms with van der Waals surface area (Å²) in [6, 6.07) is 9.84. The SMILES string of the molecule is CCNC(=NCCc1ccncc1C)NCCc1cccc(C(=O)N(C)C)c1. The van der Waals surface area contributed by atoms with Crippen molar-refractivity contribution in [2.24, 2.45) is 4.99 Å². The average Bonchev–Trinajstić information content (AvgIpc) is 2.69. The molecule has 0 bridgehead atoms. The van der Waals surface area contributed by atoms with Gasteiger partial charge in [0.1, 0.15) is 0 Å². The van der Waals surface area contributed by atoms with E-state index in [1.807, 2.05) is 42.7 Å². The molecular formula is C22H31N5O. The summed E-state index contributed by atoms with van der Waals surface area (Å²) in [7, 11) is 3.53. The van der Waals surface area contributed by atoms with E-state index in [4.69, 9.17) is 0 Å². The van der Waals surface area contributed by atoms with Gasteiger partial charge in [-0.1, -0.05) is 12.1 Å². The van der Waals surface area contributed by atoms with Crippen LogP contribution < -0.4 is 10.6 Å². The number of aliphatic imine (C=N–C) groups is 1. The number of hydrogen-bond donors (Lipinski definition) is 2. The van der Waals surface area contributed by atoms with E-state index in [2.05, 4.69) is 34.5 Å². The number of aromatic nitrogens is 1. The highest BCUT2D eigenvalue weighted by Gasteiger charge is 2.08. The van der Waals surface area contributed by atoms with E-state index >= 15 is 0 Å². The van der Waals surface area contributed by atoms with Crippen LogP contribution in [-0.2, 0) is 12.8 Å². The van der Waals surface area contributed by atoms with Gasteiger partial charge in [-0.2, -0.15) is 0 Å². The molecule has 0 unspecified atom stereocenters. The van der Waals surface area contributed by atoms with Gasteiger partial charge in [-0.3, -0.25) is 14.8 Å². The zero-order chi connectivity index (χ0) is 20.4. The molecule has 2 aromatic rings. The highest BCUT2D eigenvalue weighted by atomic mass is 16.2. The predicted molar refractivity (Wildman–Crippen MR) is 115 cm³/mol. The third-order valence-corrected chi connectivity index (χ3v) is 4.42. The van der Waals surface area contributed by atoms with Crippen LogP contribution in [0.2, 0.25) is 0 Å². The molecule has 0 radical (unpaired) electrons. The maximum atomic E-state index is 12.1. The number of carbonyl (C=O) groups excluding carboxylic acids is 1. The van der Waals surface area contributed by atoms with E-state index in [0.717, 1.165) is 43.0 Å². The first-order valence-electron chi connectivity index (χ1n) is 9.73. The molecule has 0 spiro atoms. The van der Waals surface area contributed by atoms with Crippen LogP contribution in [0.5, 0.6) is 0 Å². The van der Waals surface area contributed by atoms with Crippen molar-refractivity contribution >= 4 is 11.9 Å². The van der Waals surface area contributed by atoms with E-state index in [1.165, 1.54) is 11.1 Å². The quantitative estimate of drug-likeness (QED) is 0.544. The number of pyridine rings is 1. The fourth-order valence-corrected chi connectivity index (χ4v) is 2.86. The van der Waals surface area contributed by atoms with Crippen molar-refractivity contribution in [2.75, 3.05) is 33.7 Å². The molecule has 1 aromatic carbocycles. The van der Waals surface area contributed by atoms with Crippen LogP contribution in [0.3, 0.4) is 0 Å². The number of carbonyl (C=O) groups is 1. The van der Waals surface area contributed by atoms with Crippen molar-refractivity contribution in [3.63, 3.8) is 0 Å². The fraction of sp³-hybridized carbons (Fsp3) is 0.409. The molecule has 6 nitrogen and oxygen atoms in total. The molecule has 2 N–H and O–H groups in total. The molecule has 0 aliphatic rings. The number of nitrogens with one attached hydrogen (secondary N) is 2. The number of amides is 1. The third-order valence-electron chi connectivity index (χ3n) is 4.42. The smallest absolute Gasteiger partial charge is 0.253 e. The largest absolute Gasteiger partial charge is 0.357 e. The summed E-state index contributed by atoms with van der Waals surface area (Å²) < 4.78 is 0. The molecule has 0 atom stereocenters. The second kappa shape index (κ2) is 11.1. The number of aryl methyl sites for hydroxylation is 1. The topological polar surface area (TPSA) is 69.6 Å². The summed E-state index contributed by atoms with van der Waals surface area (Å²) >= 11 is 0. The number of hydrogen-bond acceptors (Lipinski definition) is 3. The Hall–Kier alpha value is -2.89. The Kier molecular flexibility index (Phi) is 8.46. The molecule has 0 aliphatic carbocycles. The molecule has 0 aliphatic heterocycles. The molecule has 6 heteroatoms. The summed E-state index contributed by atoms with van der Waals surface area (Å²) in [6.07, 6.45) is 5.42. The lowest BCUT2D eigenvalue weighted by molar-refractivity contribution is 0.0827. The standard InChI is InChI=1S/C22H31N5O/c1-5-24-22(26-14-11-19-10-12-23-16-17(19)2)25-13-9-18-7-6-8-20(15-18)21(28)27(3)4/h6-8,10,12,15-16H,5,9,11,13-14H2,1-4H3,(H2,24,25,26). The molecule has 2 rings (SSSR count). The summed E-state index contributed by atoms with van der Waals surface area (Å²) in [4.78, 5) is 22.5. The lowest BCUT2D eigenvalue weighted by Gasteiger charge is -2.13. The van der Waals surface area contributed by atoms with Crippen molar-refractivity contribution < 1.29 is 4.79 Å². The predicted octanol–water partition coefficient (Wildman–Crippen LogP) is 2.43. The van der Waals surface area contributed by atoms with Crippen molar-refractivity contribution in [1.29, 1.82) is 0 Å². The Morgan fingerprint density at radius 2 is 2.00 bits per heavy atom. The van der Waals surface area contributed by atoms with Crippen molar-refractivity contribution in [3.8, 4) is 0 Å². The number of guanidine groups is 1. The summed E-state index contributed by atoms with van der Waals surface area (Å²) in [6.45, 7) is 6.41. The molecule has 0 saturated heterocycles. The zero-order valence-electron chi connectivity index (χ0n) is 17.3. The summed E-state index contributed by atoms with van der Waals surface area (Å²) in [5.74, 6) is 0.839. The first-order chi connectivity index (χ1) is 13.5. The van der Waals surface area contributed by atoms with Gasteiger partial charge in [0, 0.05) is 51.7 Å². The monoisotopic (exact) mass is 381 g/mol. The van der Waals surface area contributed by atoms with Crippen molar-refractivity contribution in [1.82, 2.24) is 20.5 Å². The van der Waals surface area contributed by atoms with E-state index < -0.39 is 0 Å². The zero-order valence-corrected chi connectivity index (χ0v) is 17.3. The number of benzene rings is 1. The highest BCUT2D eigenvalue weighted by molar-refractivity contribution is 5.94. The number of rotatable bonds is 8. The van der Waals surface area contributed by atoms with Crippen LogP contribution in [0.1, 0.15) is 34.0 Å². The molecule has 150 valence electrons. The lowest BCUT2D eigenvalue weighted by Crippen LogP contribution is -2.38. The van der Waals surface area contributed by atoms with Gasteiger partial charge in [0.15, 0.2) is 5.96 Å². The Morgan fingerprint density at radius 1 is 1.18 bits per heavy atom. The minimum Gasteiger partial charge on any atom is -0.357 e. The second-order valence-corrected chi connectivity index (χ2v) is 6.89. The van der Waals surface area contributed by atoms with Gasteiger partial charge in [-0.05, 0) is 61.6 Å². The first kappa shape index (κ1) is 21.4. The van der Waals surface area contributed by atoms with E-state index in [-0.39, 0.29) is 5.91 Å². The molecule has 1 amide bonds. The minimum atomic E-state index is 0.0242. The van der Waals surface area contributed by atoms with Crippen LogP contribution in [0.25, 0.3) is 0 Å². The Labute approximate surface area is 168 Å². The second-order valence-electron chi connectivity index (χ2n) is 6.89. The molecule has 0 saturated carbocycles. The molecular weight excluding hydrogens is 350 g/mol. The van der Waals surface area contributed by atoms with Gasteiger partial charge in [-0.15, -0.1) is 0 Å². The van der Waals surface area contributed by atoms with Crippen LogP contribution >= 0.6 is 0 Å². The van der Waals surface area contributed by atoms with Gasteiger partial charge < -0.3 is 15.5 Å². The highest BCUT2D eigenvalue weighted by Crippen LogP contribution is 2.08. The van der Waals surface area contributed by atoms with Gasteiger partial charge in [0.2, 0.25) is 0 Å². The Bertz CT molecular complexity index is 801. The number of nitrogens with zero attached hydrogens (tertiary/aromatic N) is 3. The fourth-order valence-electron chi connectivity index (χ4n) is 2.86. The van der Waals surface area contributed by atoms with Gasteiger partial charge in [-0.25, -0.2) is 0 Å². The van der Waals surface area contributed by atoms with Crippen LogP contribution in [0, 0.1) is 6.92 Å². The van der Waals surface area contributed by atoms with Gasteiger partial charge in [0.25, 0.3) is 5.91 Å². The molecule has 1 aromatic heterocycles. The normalized spacial score (nSPS) is 11.2. The maximum absolute atomic E-state index is 12.1. The van der Waals surface area contributed by atoms with Crippen molar-refractivity contribution in [3.05, 3.63) is 65.0 Å². The molecule has 1 heterocycles. The lowest BCUT2D eigenvalue weighted by atomic mass is 10.1. The summed E-state index contributed by atoms with van der Waals surface area (Å²) in [5, 5.41) is 6.65. The maximum Gasteiger partial charge on any atom is 0.253 e. The van der Waals surface area contributed by atoms with Crippen molar-refractivity contribution in [2.45, 2.75) is 26.7 Å². The first-order valence-corrected chi connectivity index (χ1v) is 9.73. The van der Waals surface area contributed by atoms with Gasteiger partial charge >= 0.3 is 0 Å². The van der Waals surface area contributed by atoms with Crippen LogP contribution in [0.4, 0.5) is 0 Å². The van der Waals surface area contributed by atoms with E-state index in [0.29, 0.717) is 6.54 Å². The third kappa shape index (κ3) is 6.68. The van der Waals surface area contributed by atoms with Crippen LogP contribution in [-0.4, -0.2) is 55.5 Å².